The van der Waals surface area contributed by atoms with E-state index in [1.54, 1.807) is 0 Å². The third-order valence-electron chi connectivity index (χ3n) is 4.03. The Kier molecular flexibility index (Phi) is 5.76. The van der Waals surface area contributed by atoms with Gasteiger partial charge in [-0.2, -0.15) is 0 Å². The van der Waals surface area contributed by atoms with Crippen LogP contribution in [0.25, 0.3) is 21.8 Å². The number of hydrogen-bond donors (Lipinski definition) is 0. The fourth-order valence-corrected chi connectivity index (χ4v) is 3.95. The molecule has 1 aromatic heterocycles. The quantitative estimate of drug-likeness (QED) is 0.459. The molecule has 1 heterocycles. The van der Waals surface area contributed by atoms with Crippen LogP contribution in [-0.4, -0.2) is 54.1 Å². The molecule has 2 aromatic carbocycles. The van der Waals surface area contributed by atoms with E-state index < -0.39 is 0 Å². The number of nitrogens with zero attached hydrogens (tertiary/aromatic N) is 3. The second-order valence-electron chi connectivity index (χ2n) is 6.05. The highest BCUT2D eigenvalue weighted by molar-refractivity contribution is 7.99. The Hall–Kier alpha value is -1.56. The lowest BCUT2D eigenvalue weighted by Crippen LogP contribution is -2.15. The number of fused-ring (bicyclic) bond motifs is 3. The van der Waals surface area contributed by atoms with E-state index >= 15 is 0 Å². The number of imidazole rings is 1. The first-order chi connectivity index (χ1) is 11.7. The zero-order valence-electron chi connectivity index (χ0n) is 14.7. The van der Waals surface area contributed by atoms with Crippen molar-refractivity contribution < 1.29 is 4.74 Å². The van der Waals surface area contributed by atoms with Crippen LogP contribution in [-0.2, 0) is 11.3 Å². The van der Waals surface area contributed by atoms with E-state index in [0.29, 0.717) is 6.61 Å². The lowest BCUT2D eigenvalue weighted by Gasteiger charge is -2.12. The van der Waals surface area contributed by atoms with E-state index in [-0.39, 0.29) is 0 Å². The van der Waals surface area contributed by atoms with Gasteiger partial charge in [-0.15, -0.1) is 0 Å². The zero-order valence-corrected chi connectivity index (χ0v) is 15.5. The normalized spacial score (nSPS) is 11.8. The summed E-state index contributed by atoms with van der Waals surface area (Å²) in [5.74, 6) is 1.03. The second-order valence-corrected chi connectivity index (χ2v) is 7.11. The molecule has 0 aliphatic rings. The molecule has 0 aliphatic carbocycles. The van der Waals surface area contributed by atoms with E-state index in [4.69, 9.17) is 9.72 Å². The van der Waals surface area contributed by atoms with Crippen molar-refractivity contribution >= 4 is 33.6 Å². The summed E-state index contributed by atoms with van der Waals surface area (Å²) in [6.45, 7) is 5.37. The van der Waals surface area contributed by atoms with Crippen LogP contribution in [0.4, 0.5) is 0 Å². The van der Waals surface area contributed by atoms with Gasteiger partial charge in [-0.05, 0) is 32.5 Å². The van der Waals surface area contributed by atoms with Gasteiger partial charge in [-0.1, -0.05) is 42.1 Å². The van der Waals surface area contributed by atoms with E-state index in [2.05, 4.69) is 60.0 Å². The molecule has 5 heteroatoms. The summed E-state index contributed by atoms with van der Waals surface area (Å²) < 4.78 is 7.93. The molecule has 3 rings (SSSR count). The molecule has 0 spiro atoms. The first-order valence-electron chi connectivity index (χ1n) is 8.44. The fraction of sp³-hybridized carbons (Fsp3) is 0.421. The van der Waals surface area contributed by atoms with Gasteiger partial charge in [-0.3, -0.25) is 0 Å². The fourth-order valence-electron chi connectivity index (χ4n) is 2.81. The molecule has 0 amide bonds. The van der Waals surface area contributed by atoms with Gasteiger partial charge in [0.1, 0.15) is 0 Å². The monoisotopic (exact) mass is 343 g/mol. The Morgan fingerprint density at radius 1 is 1.17 bits per heavy atom. The molecule has 0 aliphatic heterocycles. The average Bonchev–Trinajstić information content (AvgIpc) is 2.93. The average molecular weight is 343 g/mol. The minimum absolute atomic E-state index is 0.715. The first-order valence-corrected chi connectivity index (χ1v) is 9.42. The SMILES string of the molecule is CCOCCn1c(SCCN(C)C)nc2ccc3ccccc3c21. The molecule has 0 fully saturated rings. The van der Waals surface area contributed by atoms with Gasteiger partial charge in [0.15, 0.2) is 5.16 Å². The highest BCUT2D eigenvalue weighted by Crippen LogP contribution is 2.30. The molecule has 0 N–H and O–H groups in total. The Balaban J connectivity index is 2.02. The lowest BCUT2D eigenvalue weighted by atomic mass is 10.1. The highest BCUT2D eigenvalue weighted by atomic mass is 32.2. The third-order valence-corrected chi connectivity index (χ3v) is 4.99. The second kappa shape index (κ2) is 8.01. The summed E-state index contributed by atoms with van der Waals surface area (Å²) in [5, 5.41) is 3.61. The Labute approximate surface area is 147 Å². The molecule has 0 radical (unpaired) electrons. The van der Waals surface area contributed by atoms with Crippen LogP contribution in [0.5, 0.6) is 0 Å². The Bertz CT molecular complexity index is 813. The number of hydrogen-bond acceptors (Lipinski definition) is 4. The molecule has 0 saturated carbocycles. The van der Waals surface area contributed by atoms with Crippen LogP contribution in [0.1, 0.15) is 6.92 Å². The first kappa shape index (κ1) is 17.3. The maximum atomic E-state index is 5.60. The van der Waals surface area contributed by atoms with E-state index in [1.807, 2.05) is 18.7 Å². The largest absolute Gasteiger partial charge is 0.380 e. The Morgan fingerprint density at radius 3 is 2.79 bits per heavy atom. The molecule has 24 heavy (non-hydrogen) atoms. The third kappa shape index (κ3) is 3.74. The number of benzene rings is 2. The van der Waals surface area contributed by atoms with E-state index in [1.165, 1.54) is 16.3 Å². The Morgan fingerprint density at radius 2 is 2.00 bits per heavy atom. The van der Waals surface area contributed by atoms with Gasteiger partial charge < -0.3 is 14.2 Å². The van der Waals surface area contributed by atoms with Crippen molar-refractivity contribution in [2.45, 2.75) is 18.6 Å². The summed E-state index contributed by atoms with van der Waals surface area (Å²) >= 11 is 1.82. The van der Waals surface area contributed by atoms with Crippen molar-refractivity contribution in [2.75, 3.05) is 39.6 Å². The highest BCUT2D eigenvalue weighted by Gasteiger charge is 2.14. The van der Waals surface area contributed by atoms with Gasteiger partial charge in [-0.25, -0.2) is 4.98 Å². The number of ether oxygens (including phenoxy) is 1. The predicted molar refractivity (Wildman–Crippen MR) is 103 cm³/mol. The molecular formula is C19H25N3OS. The van der Waals surface area contributed by atoms with Crippen molar-refractivity contribution in [3.8, 4) is 0 Å². The minimum Gasteiger partial charge on any atom is -0.380 e. The van der Waals surface area contributed by atoms with Gasteiger partial charge in [0.2, 0.25) is 0 Å². The summed E-state index contributed by atoms with van der Waals surface area (Å²) in [4.78, 5) is 7.09. The van der Waals surface area contributed by atoms with E-state index in [9.17, 15) is 0 Å². The predicted octanol–water partition coefficient (Wildman–Crippen LogP) is 3.88. The zero-order chi connectivity index (χ0) is 16.9. The summed E-state index contributed by atoms with van der Waals surface area (Å²) in [6, 6.07) is 12.8. The number of aromatic nitrogens is 2. The minimum atomic E-state index is 0.715. The maximum absolute atomic E-state index is 5.60. The van der Waals surface area contributed by atoms with Gasteiger partial charge in [0.25, 0.3) is 0 Å². The summed E-state index contributed by atoms with van der Waals surface area (Å²) in [7, 11) is 4.21. The molecule has 0 saturated heterocycles. The van der Waals surface area contributed by atoms with Gasteiger partial charge in [0, 0.05) is 30.8 Å². The lowest BCUT2D eigenvalue weighted by molar-refractivity contribution is 0.138. The van der Waals surface area contributed by atoms with Gasteiger partial charge in [0.05, 0.1) is 17.6 Å². The molecule has 3 aromatic rings. The molecular weight excluding hydrogens is 318 g/mol. The summed E-state index contributed by atoms with van der Waals surface area (Å²) in [5.41, 5.74) is 2.29. The van der Waals surface area contributed by atoms with Crippen LogP contribution >= 0.6 is 11.8 Å². The van der Waals surface area contributed by atoms with Crippen LogP contribution in [0, 0.1) is 0 Å². The van der Waals surface area contributed by atoms with Gasteiger partial charge >= 0.3 is 0 Å². The number of thioether (sulfide) groups is 1. The smallest absolute Gasteiger partial charge is 0.169 e. The van der Waals surface area contributed by atoms with Crippen LogP contribution in [0.15, 0.2) is 41.6 Å². The van der Waals surface area contributed by atoms with Crippen molar-refractivity contribution in [3.05, 3.63) is 36.4 Å². The van der Waals surface area contributed by atoms with Crippen molar-refractivity contribution in [3.63, 3.8) is 0 Å². The number of rotatable bonds is 8. The topological polar surface area (TPSA) is 30.3 Å². The molecule has 4 nitrogen and oxygen atoms in total. The van der Waals surface area contributed by atoms with Crippen molar-refractivity contribution in [1.82, 2.24) is 14.5 Å². The van der Waals surface area contributed by atoms with Crippen molar-refractivity contribution in [1.29, 1.82) is 0 Å². The van der Waals surface area contributed by atoms with Crippen LogP contribution in [0.2, 0.25) is 0 Å². The standard InChI is InChI=1S/C19H25N3OS/c1-4-23-13-11-22-18-16-8-6-5-7-15(16)9-10-17(18)20-19(22)24-14-12-21(2)3/h5-10H,4,11-14H2,1-3H3. The maximum Gasteiger partial charge on any atom is 0.169 e. The molecule has 0 unspecified atom stereocenters. The summed E-state index contributed by atoms with van der Waals surface area (Å²) in [6.07, 6.45) is 0. The molecule has 0 atom stereocenters. The van der Waals surface area contributed by atoms with Crippen LogP contribution in [0.3, 0.4) is 0 Å². The molecule has 128 valence electrons. The molecule has 0 bridgehead atoms. The van der Waals surface area contributed by atoms with Crippen LogP contribution < -0.4 is 0 Å². The van der Waals surface area contributed by atoms with Crippen molar-refractivity contribution in [2.24, 2.45) is 0 Å². The van der Waals surface area contributed by atoms with E-state index in [0.717, 1.165) is 36.1 Å².